The van der Waals surface area contributed by atoms with Crippen molar-refractivity contribution in [3.05, 3.63) is 86.3 Å². The van der Waals surface area contributed by atoms with Gasteiger partial charge in [-0.05, 0) is 71.4 Å². The van der Waals surface area contributed by atoms with Crippen LogP contribution in [-0.4, -0.2) is 30.6 Å². The van der Waals surface area contributed by atoms with Gasteiger partial charge in [0.1, 0.15) is 0 Å². The Morgan fingerprint density at radius 3 is 2.34 bits per heavy atom. The van der Waals surface area contributed by atoms with Gasteiger partial charge in [-0.15, -0.1) is 0 Å². The summed E-state index contributed by atoms with van der Waals surface area (Å²) in [5.41, 5.74) is 3.79. The van der Waals surface area contributed by atoms with Crippen LogP contribution >= 0.6 is 39.1 Å². The molecule has 0 aliphatic carbocycles. The highest BCUT2D eigenvalue weighted by molar-refractivity contribution is 9.10. The minimum Gasteiger partial charge on any atom is -0.493 e. The lowest BCUT2D eigenvalue weighted by Crippen LogP contribution is -2.32. The lowest BCUT2D eigenvalue weighted by molar-refractivity contribution is -0.136. The molecule has 0 saturated heterocycles. The topological polar surface area (TPSA) is 106 Å². The Balaban J connectivity index is 1.67. The molecule has 0 bridgehead atoms. The molecular weight excluding hydrogens is 561 g/mol. The van der Waals surface area contributed by atoms with E-state index in [0.717, 1.165) is 0 Å². The zero-order chi connectivity index (χ0) is 25.5. The number of hydrogen-bond acceptors (Lipinski definition) is 6. The second-order valence-electron chi connectivity index (χ2n) is 6.96. The average Bonchev–Trinajstić information content (AvgIpc) is 2.84. The van der Waals surface area contributed by atoms with Crippen LogP contribution in [0.3, 0.4) is 0 Å². The Bertz CT molecular complexity index is 1330. The third-order valence-corrected chi connectivity index (χ3v) is 6.02. The second-order valence-corrected chi connectivity index (χ2v) is 8.62. The fraction of sp³-hybridized carbons (Fsp3) is 0.0833. The first-order valence-electron chi connectivity index (χ1n) is 9.95. The average molecular weight is 579 g/mol. The van der Waals surface area contributed by atoms with Gasteiger partial charge in [0.05, 0.1) is 28.4 Å². The molecule has 0 aliphatic heterocycles. The molecule has 0 unspecified atom stereocenters. The Labute approximate surface area is 219 Å². The third kappa shape index (κ3) is 6.82. The number of halogens is 3. The summed E-state index contributed by atoms with van der Waals surface area (Å²) in [5, 5.41) is 6.91. The number of nitrogens with one attached hydrogen (secondary N) is 2. The molecule has 8 nitrogen and oxygen atoms in total. The normalized spacial score (nSPS) is 10.9. The number of benzene rings is 3. The molecule has 0 spiro atoms. The molecule has 0 aliphatic rings. The number of carbonyl (C=O) groups is 3. The lowest BCUT2D eigenvalue weighted by Gasteiger charge is -2.12. The molecule has 3 rings (SSSR count). The maximum atomic E-state index is 12.5. The van der Waals surface area contributed by atoms with Crippen LogP contribution in [0.1, 0.15) is 22.8 Å². The van der Waals surface area contributed by atoms with E-state index in [0.29, 0.717) is 32.0 Å². The van der Waals surface area contributed by atoms with Gasteiger partial charge in [0.15, 0.2) is 11.5 Å². The van der Waals surface area contributed by atoms with Crippen molar-refractivity contribution in [2.24, 2.45) is 5.10 Å². The summed E-state index contributed by atoms with van der Waals surface area (Å²) < 4.78 is 11.4. The van der Waals surface area contributed by atoms with Crippen LogP contribution in [0.15, 0.2) is 70.2 Å². The Morgan fingerprint density at radius 2 is 1.66 bits per heavy atom. The summed E-state index contributed by atoms with van der Waals surface area (Å²) in [6.07, 6.45) is 0. The van der Waals surface area contributed by atoms with Crippen LogP contribution < -0.4 is 20.2 Å². The van der Waals surface area contributed by atoms with E-state index in [1.165, 1.54) is 25.3 Å². The maximum absolute atomic E-state index is 12.5. The third-order valence-electron chi connectivity index (χ3n) is 4.59. The first-order valence-corrected chi connectivity index (χ1v) is 11.5. The molecule has 0 heterocycles. The second kappa shape index (κ2) is 11.8. The summed E-state index contributed by atoms with van der Waals surface area (Å²) in [6.45, 7) is 1.62. The Kier molecular flexibility index (Phi) is 8.86. The predicted octanol–water partition coefficient (Wildman–Crippen LogP) is 5.46. The van der Waals surface area contributed by atoms with E-state index < -0.39 is 17.8 Å². The largest absolute Gasteiger partial charge is 0.493 e. The lowest BCUT2D eigenvalue weighted by atomic mass is 10.1. The minimum atomic E-state index is -0.985. The van der Waals surface area contributed by atoms with E-state index in [1.54, 1.807) is 49.4 Å². The molecule has 2 amide bonds. The van der Waals surface area contributed by atoms with Crippen LogP contribution in [0.25, 0.3) is 0 Å². The van der Waals surface area contributed by atoms with Crippen molar-refractivity contribution >= 4 is 68.3 Å². The first-order chi connectivity index (χ1) is 16.7. The highest BCUT2D eigenvalue weighted by Crippen LogP contribution is 2.30. The molecule has 0 aromatic heterocycles. The van der Waals surface area contributed by atoms with E-state index in [1.807, 2.05) is 0 Å². The summed E-state index contributed by atoms with van der Waals surface area (Å²) in [7, 11) is 1.43. The quantitative estimate of drug-likeness (QED) is 0.133. The minimum absolute atomic E-state index is 0.204. The molecule has 0 radical (unpaired) electrons. The van der Waals surface area contributed by atoms with E-state index in [-0.39, 0.29) is 16.5 Å². The number of esters is 1. The number of ether oxygens (including phenoxy) is 2. The van der Waals surface area contributed by atoms with E-state index >= 15 is 0 Å². The number of methoxy groups -OCH3 is 1. The van der Waals surface area contributed by atoms with E-state index in [9.17, 15) is 14.4 Å². The highest BCUT2D eigenvalue weighted by Gasteiger charge is 2.17. The fourth-order valence-corrected chi connectivity index (χ4v) is 3.51. The summed E-state index contributed by atoms with van der Waals surface area (Å²) in [5.74, 6) is -2.00. The van der Waals surface area contributed by atoms with Crippen LogP contribution in [-0.2, 0) is 9.59 Å². The number of nitrogens with zero attached hydrogens (tertiary/aromatic N) is 1. The highest BCUT2D eigenvalue weighted by atomic mass is 79.9. The molecular formula is C24H18BrCl2N3O5. The molecule has 2 N–H and O–H groups in total. The van der Waals surface area contributed by atoms with Gasteiger partial charge in [0.25, 0.3) is 0 Å². The van der Waals surface area contributed by atoms with E-state index in [4.69, 9.17) is 32.7 Å². The van der Waals surface area contributed by atoms with Gasteiger partial charge in [-0.25, -0.2) is 10.2 Å². The number of carbonyl (C=O) groups excluding carboxylic acids is 3. The summed E-state index contributed by atoms with van der Waals surface area (Å²) in [4.78, 5) is 36.7. The van der Waals surface area contributed by atoms with E-state index in [2.05, 4.69) is 31.8 Å². The molecule has 0 fully saturated rings. The predicted molar refractivity (Wildman–Crippen MR) is 138 cm³/mol. The smallest absolute Gasteiger partial charge is 0.344 e. The van der Waals surface area contributed by atoms with Crippen LogP contribution in [0, 0.1) is 0 Å². The number of amides is 2. The monoisotopic (exact) mass is 577 g/mol. The van der Waals surface area contributed by atoms with Crippen LogP contribution in [0.2, 0.25) is 10.0 Å². The molecule has 3 aromatic carbocycles. The molecule has 35 heavy (non-hydrogen) atoms. The van der Waals surface area contributed by atoms with Crippen molar-refractivity contribution in [1.29, 1.82) is 0 Å². The Morgan fingerprint density at radius 1 is 0.914 bits per heavy atom. The first kappa shape index (κ1) is 26.2. The summed E-state index contributed by atoms with van der Waals surface area (Å²) >= 11 is 15.1. The Hall–Kier alpha value is -3.40. The SMILES string of the molecule is COc1cc(/C(C)=N/NC(=O)C(=O)Nc2ccc(Cl)c(Cl)c2)ccc1OC(=O)c1ccccc1Br. The standard InChI is InChI=1S/C24H18BrCl2N3O5/c1-13(29-30-23(32)22(31)28-15-8-9-18(26)19(27)12-15)14-7-10-20(21(11-14)34-2)35-24(33)16-5-3-4-6-17(16)25/h3-12H,1-2H3,(H,28,31)(H,30,32)/b29-13+. The van der Waals surface area contributed by atoms with Crippen molar-refractivity contribution in [2.75, 3.05) is 12.4 Å². The fourth-order valence-electron chi connectivity index (χ4n) is 2.77. The van der Waals surface area contributed by atoms with Crippen molar-refractivity contribution in [3.8, 4) is 11.5 Å². The van der Waals surface area contributed by atoms with Gasteiger partial charge in [0, 0.05) is 15.7 Å². The molecule has 0 saturated carbocycles. The van der Waals surface area contributed by atoms with Crippen molar-refractivity contribution < 1.29 is 23.9 Å². The maximum Gasteiger partial charge on any atom is 0.344 e. The number of anilines is 1. The molecule has 11 heteroatoms. The molecule has 0 atom stereocenters. The van der Waals surface area contributed by atoms with Gasteiger partial charge in [-0.2, -0.15) is 5.10 Å². The van der Waals surface area contributed by atoms with Gasteiger partial charge < -0.3 is 14.8 Å². The van der Waals surface area contributed by atoms with Gasteiger partial charge in [0.2, 0.25) is 0 Å². The van der Waals surface area contributed by atoms with Crippen molar-refractivity contribution in [2.45, 2.75) is 6.92 Å². The van der Waals surface area contributed by atoms with Gasteiger partial charge in [-0.3, -0.25) is 9.59 Å². The van der Waals surface area contributed by atoms with Crippen LogP contribution in [0.5, 0.6) is 11.5 Å². The number of hydrazone groups is 1. The zero-order valence-corrected chi connectivity index (χ0v) is 21.5. The van der Waals surface area contributed by atoms with Gasteiger partial charge >= 0.3 is 17.8 Å². The number of rotatable bonds is 6. The summed E-state index contributed by atoms with van der Waals surface area (Å²) in [6, 6.07) is 16.0. The van der Waals surface area contributed by atoms with Crippen molar-refractivity contribution in [3.63, 3.8) is 0 Å². The molecule has 3 aromatic rings. The molecule has 180 valence electrons. The zero-order valence-electron chi connectivity index (χ0n) is 18.4. The van der Waals surface area contributed by atoms with Crippen molar-refractivity contribution in [1.82, 2.24) is 5.43 Å². The van der Waals surface area contributed by atoms with Crippen LogP contribution in [0.4, 0.5) is 5.69 Å². The number of hydrogen-bond donors (Lipinski definition) is 2. The van der Waals surface area contributed by atoms with Gasteiger partial charge in [-0.1, -0.05) is 35.3 Å².